The molecule has 92 valence electrons. The fraction of sp³-hybridized carbons (Fsp3) is 0.571. The Balaban J connectivity index is 1.78. The van der Waals surface area contributed by atoms with E-state index >= 15 is 0 Å². The van der Waals surface area contributed by atoms with Crippen LogP contribution in [0.25, 0.3) is 0 Å². The first kappa shape index (κ1) is 11.8. The Morgan fingerprint density at radius 2 is 1.71 bits per heavy atom. The van der Waals surface area contributed by atoms with Crippen LogP contribution in [0.1, 0.15) is 37.4 Å². The molecule has 0 heterocycles. The molecule has 2 saturated carbocycles. The molecule has 1 aromatic carbocycles. The summed E-state index contributed by atoms with van der Waals surface area (Å²) in [6.45, 7) is 0. The fourth-order valence-corrected chi connectivity index (χ4v) is 3.74. The van der Waals surface area contributed by atoms with Crippen LogP contribution in [0.15, 0.2) is 18.2 Å². The van der Waals surface area contributed by atoms with Gasteiger partial charge in [-0.05, 0) is 48.3 Å². The smallest absolute Gasteiger partial charge is 0.0824 e. The maximum Gasteiger partial charge on any atom is 0.0824 e. The van der Waals surface area contributed by atoms with Gasteiger partial charge in [0, 0.05) is 0 Å². The monoisotopic (exact) mass is 270 g/mol. The van der Waals surface area contributed by atoms with Crippen LogP contribution in [0.5, 0.6) is 0 Å². The Bertz CT molecular complexity index is 420. The molecule has 3 heteroatoms. The van der Waals surface area contributed by atoms with Crippen molar-refractivity contribution >= 4 is 23.2 Å². The summed E-state index contributed by atoms with van der Waals surface area (Å²) < 4.78 is 0. The minimum Gasteiger partial charge on any atom is -0.388 e. The van der Waals surface area contributed by atoms with E-state index in [1.54, 1.807) is 12.1 Å². The minimum absolute atomic E-state index is 0.363. The molecule has 0 spiro atoms. The molecule has 2 aliphatic rings. The van der Waals surface area contributed by atoms with Crippen molar-refractivity contribution in [1.29, 1.82) is 0 Å². The third kappa shape index (κ3) is 2.09. The van der Waals surface area contributed by atoms with Crippen LogP contribution in [-0.4, -0.2) is 5.11 Å². The van der Waals surface area contributed by atoms with E-state index in [2.05, 4.69) is 0 Å². The number of aliphatic hydroxyl groups is 1. The summed E-state index contributed by atoms with van der Waals surface area (Å²) in [7, 11) is 0. The average Bonchev–Trinajstić information content (AvgIpc) is 3.06. The van der Waals surface area contributed by atoms with Gasteiger partial charge >= 0.3 is 0 Å². The molecule has 3 atom stereocenters. The number of rotatable bonds is 2. The van der Waals surface area contributed by atoms with Crippen molar-refractivity contribution in [2.75, 3.05) is 0 Å². The normalized spacial score (nSPS) is 33.0. The van der Waals surface area contributed by atoms with E-state index in [-0.39, 0.29) is 6.10 Å². The molecule has 17 heavy (non-hydrogen) atoms. The Morgan fingerprint density at radius 1 is 1.06 bits per heavy atom. The van der Waals surface area contributed by atoms with Crippen molar-refractivity contribution in [3.05, 3.63) is 33.8 Å². The Morgan fingerprint density at radius 3 is 2.29 bits per heavy atom. The third-order valence-electron chi connectivity index (χ3n) is 4.37. The minimum atomic E-state index is -0.363. The van der Waals surface area contributed by atoms with Gasteiger partial charge in [0.25, 0.3) is 0 Å². The highest BCUT2D eigenvalue weighted by Crippen LogP contribution is 2.60. The van der Waals surface area contributed by atoms with Crippen LogP contribution in [0, 0.1) is 17.8 Å². The van der Waals surface area contributed by atoms with Gasteiger partial charge in [-0.1, -0.05) is 42.1 Å². The van der Waals surface area contributed by atoms with Crippen LogP contribution in [0.4, 0.5) is 0 Å². The van der Waals surface area contributed by atoms with Crippen LogP contribution in [0.2, 0.25) is 10.0 Å². The van der Waals surface area contributed by atoms with Gasteiger partial charge in [-0.15, -0.1) is 0 Å². The Kier molecular flexibility index (Phi) is 3.10. The first-order valence-electron chi connectivity index (χ1n) is 6.31. The first-order valence-corrected chi connectivity index (χ1v) is 7.07. The van der Waals surface area contributed by atoms with E-state index in [4.69, 9.17) is 23.2 Å². The summed E-state index contributed by atoms with van der Waals surface area (Å²) in [4.78, 5) is 0. The van der Waals surface area contributed by atoms with Gasteiger partial charge in [0.05, 0.1) is 16.1 Å². The zero-order valence-electron chi connectivity index (χ0n) is 9.57. The molecule has 1 N–H and O–H groups in total. The van der Waals surface area contributed by atoms with E-state index in [0.29, 0.717) is 16.0 Å². The highest BCUT2D eigenvalue weighted by atomic mass is 35.5. The molecule has 0 radical (unpaired) electrons. The largest absolute Gasteiger partial charge is 0.388 e. The molecule has 0 bridgehead atoms. The molecule has 1 aromatic rings. The van der Waals surface area contributed by atoms with E-state index in [9.17, 15) is 5.11 Å². The molecule has 2 fully saturated rings. The topological polar surface area (TPSA) is 20.2 Å². The Labute approximate surface area is 112 Å². The van der Waals surface area contributed by atoms with Gasteiger partial charge in [0.1, 0.15) is 0 Å². The summed E-state index contributed by atoms with van der Waals surface area (Å²) in [6, 6.07) is 5.47. The van der Waals surface area contributed by atoms with Crippen molar-refractivity contribution in [2.24, 2.45) is 17.8 Å². The first-order chi connectivity index (χ1) is 8.18. The lowest BCUT2D eigenvalue weighted by Crippen LogP contribution is -2.02. The number of fused-ring (bicyclic) bond motifs is 1. The van der Waals surface area contributed by atoms with Gasteiger partial charge in [0.2, 0.25) is 0 Å². The van der Waals surface area contributed by atoms with Crippen LogP contribution < -0.4 is 0 Å². The molecule has 2 aliphatic carbocycles. The predicted molar refractivity (Wildman–Crippen MR) is 70.4 cm³/mol. The maximum absolute atomic E-state index is 10.4. The third-order valence-corrected chi connectivity index (χ3v) is 5.11. The van der Waals surface area contributed by atoms with Crippen molar-refractivity contribution < 1.29 is 5.11 Å². The molecule has 1 nitrogen and oxygen atoms in total. The number of hydrogen-bond donors (Lipinski definition) is 1. The van der Waals surface area contributed by atoms with E-state index in [1.807, 2.05) is 6.07 Å². The lowest BCUT2D eigenvalue weighted by atomic mass is 10.0. The van der Waals surface area contributed by atoms with Gasteiger partial charge in [-0.3, -0.25) is 0 Å². The van der Waals surface area contributed by atoms with Crippen molar-refractivity contribution in [3.8, 4) is 0 Å². The highest BCUT2D eigenvalue weighted by molar-refractivity contribution is 6.42. The SMILES string of the molecule is OC(c1ccc(Cl)c(Cl)c1)C1C2CCCCC21. The molecule has 0 aromatic heterocycles. The molecule has 3 unspecified atom stereocenters. The summed E-state index contributed by atoms with van der Waals surface area (Å²) in [5.41, 5.74) is 0.916. The van der Waals surface area contributed by atoms with Gasteiger partial charge in [0.15, 0.2) is 0 Å². The summed E-state index contributed by atoms with van der Waals surface area (Å²) in [5, 5.41) is 11.5. The fourth-order valence-electron chi connectivity index (χ4n) is 3.43. The Hall–Kier alpha value is -0.240. The van der Waals surface area contributed by atoms with Crippen molar-refractivity contribution in [2.45, 2.75) is 31.8 Å². The molecule has 0 aliphatic heterocycles. The summed E-state index contributed by atoms with van der Waals surface area (Å²) >= 11 is 11.9. The summed E-state index contributed by atoms with van der Waals surface area (Å²) in [6.07, 6.45) is 4.86. The van der Waals surface area contributed by atoms with Gasteiger partial charge in [-0.2, -0.15) is 0 Å². The van der Waals surface area contributed by atoms with Gasteiger partial charge < -0.3 is 5.11 Å². The second kappa shape index (κ2) is 4.46. The number of halogens is 2. The summed E-state index contributed by atoms with van der Waals surface area (Å²) in [5.74, 6) is 1.94. The quantitative estimate of drug-likeness (QED) is 0.841. The predicted octanol–water partition coefficient (Wildman–Crippen LogP) is 4.46. The zero-order valence-corrected chi connectivity index (χ0v) is 11.1. The van der Waals surface area contributed by atoms with Crippen LogP contribution in [0.3, 0.4) is 0 Å². The number of aliphatic hydroxyl groups excluding tert-OH is 1. The molecule has 0 saturated heterocycles. The number of benzene rings is 1. The van der Waals surface area contributed by atoms with Crippen LogP contribution in [-0.2, 0) is 0 Å². The number of hydrogen-bond acceptors (Lipinski definition) is 1. The maximum atomic E-state index is 10.4. The molecular weight excluding hydrogens is 255 g/mol. The van der Waals surface area contributed by atoms with Crippen molar-refractivity contribution in [3.63, 3.8) is 0 Å². The van der Waals surface area contributed by atoms with E-state index in [1.165, 1.54) is 25.7 Å². The lowest BCUT2D eigenvalue weighted by Gasteiger charge is -2.11. The second-order valence-electron chi connectivity index (χ2n) is 5.31. The van der Waals surface area contributed by atoms with E-state index in [0.717, 1.165) is 17.4 Å². The highest BCUT2D eigenvalue weighted by Gasteiger charge is 2.54. The second-order valence-corrected chi connectivity index (χ2v) is 6.12. The van der Waals surface area contributed by atoms with Gasteiger partial charge in [-0.25, -0.2) is 0 Å². The standard InChI is InChI=1S/C14H16Cl2O/c15-11-6-5-8(7-12(11)16)14(17)13-9-3-1-2-4-10(9)13/h5-7,9-10,13-14,17H,1-4H2. The average molecular weight is 271 g/mol. The van der Waals surface area contributed by atoms with E-state index < -0.39 is 0 Å². The van der Waals surface area contributed by atoms with Crippen molar-refractivity contribution in [1.82, 2.24) is 0 Å². The van der Waals surface area contributed by atoms with Crippen LogP contribution >= 0.6 is 23.2 Å². The zero-order chi connectivity index (χ0) is 12.0. The molecule has 0 amide bonds. The lowest BCUT2D eigenvalue weighted by molar-refractivity contribution is 0.142. The molecule has 3 rings (SSSR count). The molecular formula is C14H16Cl2O.